The normalized spacial score (nSPS) is 10.8. The molecule has 0 spiro atoms. The molecular weight excluding hydrogens is 324 g/mol. The van der Waals surface area contributed by atoms with E-state index < -0.39 is 0 Å². The van der Waals surface area contributed by atoms with Gasteiger partial charge in [0.2, 0.25) is 5.91 Å². The second-order valence-corrected chi connectivity index (χ2v) is 5.76. The van der Waals surface area contributed by atoms with E-state index >= 15 is 0 Å². The minimum absolute atomic E-state index is 0.0435. The Morgan fingerprint density at radius 1 is 1.23 bits per heavy atom. The Balaban J connectivity index is 1.82. The van der Waals surface area contributed by atoms with Crippen molar-refractivity contribution in [3.63, 3.8) is 0 Å². The molecule has 0 saturated carbocycles. The number of thioether (sulfide) groups is 1. The molecule has 5 nitrogen and oxygen atoms in total. The summed E-state index contributed by atoms with van der Waals surface area (Å²) in [6.45, 7) is 0. The monoisotopic (exact) mass is 336 g/mol. The van der Waals surface area contributed by atoms with Crippen LogP contribution in [0.25, 0.3) is 0 Å². The number of benzene rings is 2. The average molecular weight is 337 g/mol. The zero-order chi connectivity index (χ0) is 15.9. The zero-order valence-corrected chi connectivity index (χ0v) is 12.9. The Morgan fingerprint density at radius 3 is 2.64 bits per heavy atom. The number of phenols is 2. The summed E-state index contributed by atoms with van der Waals surface area (Å²) in [5, 5.41) is 23.1. The van der Waals surface area contributed by atoms with E-state index in [1.54, 1.807) is 12.1 Å². The third-order valence-corrected chi connectivity index (χ3v) is 3.85. The number of nitrogens with zero attached hydrogens (tertiary/aromatic N) is 1. The molecule has 1 amide bonds. The summed E-state index contributed by atoms with van der Waals surface area (Å²) < 4.78 is 0. The van der Waals surface area contributed by atoms with Crippen molar-refractivity contribution >= 4 is 35.5 Å². The lowest BCUT2D eigenvalue weighted by Crippen LogP contribution is -2.19. The lowest BCUT2D eigenvalue weighted by atomic mass is 10.2. The van der Waals surface area contributed by atoms with E-state index in [1.807, 2.05) is 12.1 Å². The van der Waals surface area contributed by atoms with Gasteiger partial charge in [0.25, 0.3) is 0 Å². The molecule has 0 bridgehead atoms. The molecule has 0 radical (unpaired) electrons. The molecule has 7 heteroatoms. The van der Waals surface area contributed by atoms with Crippen molar-refractivity contribution in [3.8, 4) is 11.5 Å². The van der Waals surface area contributed by atoms with E-state index in [9.17, 15) is 9.90 Å². The van der Waals surface area contributed by atoms with Crippen LogP contribution < -0.4 is 5.43 Å². The lowest BCUT2D eigenvalue weighted by molar-refractivity contribution is -0.118. The van der Waals surface area contributed by atoms with Gasteiger partial charge in [0.05, 0.1) is 12.0 Å². The standard InChI is InChI=1S/C15H13ClN2O3S/c16-11-2-5-13(6-3-11)22-9-15(21)18-17-8-10-1-4-12(19)7-14(10)20/h1-8,19-20H,9H2,(H,18,21)/b17-8+. The van der Waals surface area contributed by atoms with Crippen LogP contribution in [0, 0.1) is 0 Å². The molecule has 0 aliphatic heterocycles. The van der Waals surface area contributed by atoms with Crippen LogP contribution in [0.15, 0.2) is 52.5 Å². The van der Waals surface area contributed by atoms with Gasteiger partial charge in [0.1, 0.15) is 11.5 Å². The summed E-state index contributed by atoms with van der Waals surface area (Å²) in [7, 11) is 0. The third-order valence-electron chi connectivity index (χ3n) is 2.59. The predicted octanol–water partition coefficient (Wildman–Crippen LogP) is 2.99. The minimum atomic E-state index is -0.269. The largest absolute Gasteiger partial charge is 0.508 e. The molecule has 22 heavy (non-hydrogen) atoms. The smallest absolute Gasteiger partial charge is 0.250 e. The van der Waals surface area contributed by atoms with Crippen molar-refractivity contribution in [1.29, 1.82) is 0 Å². The highest BCUT2D eigenvalue weighted by molar-refractivity contribution is 8.00. The van der Waals surface area contributed by atoms with E-state index in [0.717, 1.165) is 4.90 Å². The first-order chi connectivity index (χ1) is 10.5. The average Bonchev–Trinajstić information content (AvgIpc) is 2.49. The molecule has 2 rings (SSSR count). The summed E-state index contributed by atoms with van der Waals surface area (Å²) in [5.74, 6) is -0.221. The van der Waals surface area contributed by atoms with Gasteiger partial charge in [0, 0.05) is 21.5 Å². The topological polar surface area (TPSA) is 81.9 Å². The number of rotatable bonds is 5. The molecule has 114 valence electrons. The highest BCUT2D eigenvalue weighted by Gasteiger charge is 2.02. The molecule has 0 atom stereocenters. The SMILES string of the molecule is O=C(CSc1ccc(Cl)cc1)N/N=C/c1ccc(O)cc1O. The van der Waals surface area contributed by atoms with E-state index in [1.165, 1.54) is 36.2 Å². The van der Waals surface area contributed by atoms with Gasteiger partial charge in [-0.05, 0) is 36.4 Å². The maximum absolute atomic E-state index is 11.6. The second-order valence-electron chi connectivity index (χ2n) is 4.28. The number of nitrogens with one attached hydrogen (secondary N) is 1. The molecule has 0 heterocycles. The molecule has 0 fully saturated rings. The van der Waals surface area contributed by atoms with Crippen molar-refractivity contribution in [1.82, 2.24) is 5.43 Å². The predicted molar refractivity (Wildman–Crippen MR) is 87.7 cm³/mol. The van der Waals surface area contributed by atoms with E-state index in [2.05, 4.69) is 10.5 Å². The summed E-state index contributed by atoms with van der Waals surface area (Å²) in [6.07, 6.45) is 1.31. The minimum Gasteiger partial charge on any atom is -0.508 e. The van der Waals surface area contributed by atoms with Crippen LogP contribution in [0.3, 0.4) is 0 Å². The summed E-state index contributed by atoms with van der Waals surface area (Å²) in [4.78, 5) is 12.6. The van der Waals surface area contributed by atoms with Crippen LogP contribution in [0.5, 0.6) is 11.5 Å². The van der Waals surface area contributed by atoms with Gasteiger partial charge in [-0.2, -0.15) is 5.10 Å². The molecule has 0 unspecified atom stereocenters. The van der Waals surface area contributed by atoms with Crippen LogP contribution in [-0.2, 0) is 4.79 Å². The molecule has 0 aromatic heterocycles. The Bertz CT molecular complexity index is 690. The van der Waals surface area contributed by atoms with Crippen molar-refractivity contribution < 1.29 is 15.0 Å². The molecule has 0 aliphatic carbocycles. The number of hydrogen-bond acceptors (Lipinski definition) is 5. The number of hydrazone groups is 1. The Kier molecular flexibility index (Phi) is 5.68. The fourth-order valence-corrected chi connectivity index (χ4v) is 2.34. The summed E-state index contributed by atoms with van der Waals surface area (Å²) in [5.41, 5.74) is 2.76. The van der Waals surface area contributed by atoms with Crippen molar-refractivity contribution in [2.45, 2.75) is 4.90 Å². The van der Waals surface area contributed by atoms with E-state index in [-0.39, 0.29) is 23.2 Å². The van der Waals surface area contributed by atoms with Gasteiger partial charge >= 0.3 is 0 Å². The lowest BCUT2D eigenvalue weighted by Gasteiger charge is -2.02. The van der Waals surface area contributed by atoms with Gasteiger partial charge in [0.15, 0.2) is 0 Å². The first kappa shape index (κ1) is 16.2. The van der Waals surface area contributed by atoms with Gasteiger partial charge < -0.3 is 10.2 Å². The molecular formula is C15H13ClN2O3S. The van der Waals surface area contributed by atoms with Crippen LogP contribution >= 0.6 is 23.4 Å². The molecule has 3 N–H and O–H groups in total. The number of carbonyl (C=O) groups is 1. The number of hydrogen-bond donors (Lipinski definition) is 3. The number of halogens is 1. The van der Waals surface area contributed by atoms with Crippen molar-refractivity contribution in [3.05, 3.63) is 53.1 Å². The molecule has 0 saturated heterocycles. The molecule has 2 aromatic carbocycles. The van der Waals surface area contributed by atoms with Crippen LogP contribution in [0.4, 0.5) is 0 Å². The summed E-state index contributed by atoms with van der Waals surface area (Å²) in [6, 6.07) is 11.3. The third kappa shape index (κ3) is 4.98. The fraction of sp³-hybridized carbons (Fsp3) is 0.0667. The van der Waals surface area contributed by atoms with Gasteiger partial charge in [-0.3, -0.25) is 4.79 Å². The van der Waals surface area contributed by atoms with Gasteiger partial charge in [-0.1, -0.05) is 11.6 Å². The number of phenolic OH excluding ortho intramolecular Hbond substituents is 2. The molecule has 0 aliphatic rings. The second kappa shape index (κ2) is 7.72. The van der Waals surface area contributed by atoms with Gasteiger partial charge in [-0.15, -0.1) is 11.8 Å². The highest BCUT2D eigenvalue weighted by atomic mass is 35.5. The van der Waals surface area contributed by atoms with Crippen LogP contribution in [-0.4, -0.2) is 28.1 Å². The zero-order valence-electron chi connectivity index (χ0n) is 11.4. The number of amides is 1. The number of aromatic hydroxyl groups is 2. The Labute approximate surface area is 136 Å². The first-order valence-electron chi connectivity index (χ1n) is 6.27. The van der Waals surface area contributed by atoms with Gasteiger partial charge in [-0.25, -0.2) is 5.43 Å². The highest BCUT2D eigenvalue weighted by Crippen LogP contribution is 2.21. The number of carbonyl (C=O) groups excluding carboxylic acids is 1. The van der Waals surface area contributed by atoms with Crippen LogP contribution in [0.2, 0.25) is 5.02 Å². The van der Waals surface area contributed by atoms with Crippen molar-refractivity contribution in [2.24, 2.45) is 5.10 Å². The molecule has 2 aromatic rings. The van der Waals surface area contributed by atoms with E-state index in [0.29, 0.717) is 10.6 Å². The van der Waals surface area contributed by atoms with Crippen LogP contribution in [0.1, 0.15) is 5.56 Å². The maximum Gasteiger partial charge on any atom is 0.250 e. The quantitative estimate of drug-likeness (QED) is 0.445. The Morgan fingerprint density at radius 2 is 1.95 bits per heavy atom. The summed E-state index contributed by atoms with van der Waals surface area (Å²) >= 11 is 7.14. The maximum atomic E-state index is 11.6. The first-order valence-corrected chi connectivity index (χ1v) is 7.63. The van der Waals surface area contributed by atoms with Crippen molar-refractivity contribution in [2.75, 3.05) is 5.75 Å². The van der Waals surface area contributed by atoms with E-state index in [4.69, 9.17) is 16.7 Å². The fourth-order valence-electron chi connectivity index (χ4n) is 1.53. The Hall–Kier alpha value is -2.18.